The van der Waals surface area contributed by atoms with Crippen LogP contribution in [0.15, 0.2) is 40.6 Å². The molecule has 1 amide bonds. The van der Waals surface area contributed by atoms with E-state index in [9.17, 15) is 9.59 Å². The minimum Gasteiger partial charge on any atom is -0.355 e. The van der Waals surface area contributed by atoms with Gasteiger partial charge in [-0.25, -0.2) is 9.78 Å². The summed E-state index contributed by atoms with van der Waals surface area (Å²) in [5.74, 6) is -0.159. The van der Waals surface area contributed by atoms with Crippen LogP contribution in [0, 0.1) is 0 Å². The minimum absolute atomic E-state index is 0.0124. The number of pyridine rings is 1. The third-order valence-electron chi connectivity index (χ3n) is 3.54. The predicted molar refractivity (Wildman–Crippen MR) is 90.7 cm³/mol. The summed E-state index contributed by atoms with van der Waals surface area (Å²) in [6.45, 7) is 3.08. The average Bonchev–Trinajstić information content (AvgIpc) is 3.16. The first-order valence-corrected chi connectivity index (χ1v) is 8.41. The molecule has 0 saturated heterocycles. The zero-order valence-corrected chi connectivity index (χ0v) is 13.7. The van der Waals surface area contributed by atoms with Gasteiger partial charge in [0.2, 0.25) is 5.91 Å². The van der Waals surface area contributed by atoms with Gasteiger partial charge in [0, 0.05) is 17.6 Å². The first-order chi connectivity index (χ1) is 11.2. The second kappa shape index (κ2) is 6.78. The summed E-state index contributed by atoms with van der Waals surface area (Å²) in [5, 5.41) is 4.78. The normalized spacial score (nSPS) is 11.0. The zero-order chi connectivity index (χ0) is 16.2. The SMILES string of the molecule is CCCNC(=O)Cn1c(=O)n(Cc2cccs2)c2ncccc21. The predicted octanol–water partition coefficient (Wildman–Crippen LogP) is 1.83. The van der Waals surface area contributed by atoms with Crippen molar-refractivity contribution in [3.8, 4) is 0 Å². The van der Waals surface area contributed by atoms with Crippen molar-refractivity contribution in [2.75, 3.05) is 6.54 Å². The van der Waals surface area contributed by atoms with E-state index in [0.717, 1.165) is 11.3 Å². The molecule has 23 heavy (non-hydrogen) atoms. The van der Waals surface area contributed by atoms with E-state index in [1.54, 1.807) is 28.2 Å². The molecule has 120 valence electrons. The van der Waals surface area contributed by atoms with Gasteiger partial charge in [0.05, 0.1) is 12.1 Å². The van der Waals surface area contributed by atoms with Crippen molar-refractivity contribution in [3.05, 3.63) is 51.2 Å². The van der Waals surface area contributed by atoms with E-state index in [1.165, 1.54) is 4.57 Å². The maximum Gasteiger partial charge on any atom is 0.331 e. The Kier molecular flexibility index (Phi) is 4.57. The molecule has 0 radical (unpaired) electrons. The molecule has 0 fully saturated rings. The van der Waals surface area contributed by atoms with E-state index in [2.05, 4.69) is 10.3 Å². The molecule has 1 N–H and O–H groups in total. The van der Waals surface area contributed by atoms with E-state index in [0.29, 0.717) is 24.3 Å². The maximum absolute atomic E-state index is 12.7. The van der Waals surface area contributed by atoms with Gasteiger partial charge in [0.15, 0.2) is 5.65 Å². The lowest BCUT2D eigenvalue weighted by Crippen LogP contribution is -2.33. The van der Waals surface area contributed by atoms with Crippen LogP contribution in [-0.2, 0) is 17.9 Å². The second-order valence-electron chi connectivity index (χ2n) is 5.23. The largest absolute Gasteiger partial charge is 0.355 e. The smallest absolute Gasteiger partial charge is 0.331 e. The first kappa shape index (κ1) is 15.5. The molecular weight excluding hydrogens is 312 g/mol. The minimum atomic E-state index is -0.209. The number of hydrogen-bond acceptors (Lipinski definition) is 4. The molecule has 3 heterocycles. The Bertz CT molecular complexity index is 864. The number of thiophene rings is 1. The van der Waals surface area contributed by atoms with Crippen LogP contribution in [0.3, 0.4) is 0 Å². The summed E-state index contributed by atoms with van der Waals surface area (Å²) < 4.78 is 3.11. The van der Waals surface area contributed by atoms with E-state index in [1.807, 2.05) is 30.5 Å². The summed E-state index contributed by atoms with van der Waals surface area (Å²) in [6.07, 6.45) is 2.52. The van der Waals surface area contributed by atoms with Gasteiger partial charge >= 0.3 is 5.69 Å². The molecule has 7 heteroatoms. The molecule has 0 aliphatic heterocycles. The number of rotatable bonds is 6. The van der Waals surface area contributed by atoms with Crippen LogP contribution in [0.25, 0.3) is 11.2 Å². The number of amides is 1. The summed E-state index contributed by atoms with van der Waals surface area (Å²) in [5.41, 5.74) is 1.08. The number of carbonyl (C=O) groups is 1. The lowest BCUT2D eigenvalue weighted by Gasteiger charge is -2.04. The fourth-order valence-electron chi connectivity index (χ4n) is 2.46. The third-order valence-corrected chi connectivity index (χ3v) is 4.40. The maximum atomic E-state index is 12.7. The Morgan fingerprint density at radius 2 is 2.17 bits per heavy atom. The van der Waals surface area contributed by atoms with Crippen molar-refractivity contribution in [1.82, 2.24) is 19.4 Å². The molecule has 3 aromatic rings. The van der Waals surface area contributed by atoms with Crippen molar-refractivity contribution < 1.29 is 4.79 Å². The van der Waals surface area contributed by atoms with Gasteiger partial charge in [0.1, 0.15) is 6.54 Å². The lowest BCUT2D eigenvalue weighted by molar-refractivity contribution is -0.121. The van der Waals surface area contributed by atoms with Crippen LogP contribution >= 0.6 is 11.3 Å². The zero-order valence-electron chi connectivity index (χ0n) is 12.9. The quantitative estimate of drug-likeness (QED) is 0.750. The van der Waals surface area contributed by atoms with Crippen molar-refractivity contribution in [2.24, 2.45) is 0 Å². The van der Waals surface area contributed by atoms with Crippen LogP contribution in [0.5, 0.6) is 0 Å². The van der Waals surface area contributed by atoms with Gasteiger partial charge in [0.25, 0.3) is 0 Å². The Balaban J connectivity index is 1.99. The number of nitrogens with zero attached hydrogens (tertiary/aromatic N) is 3. The number of carbonyl (C=O) groups excluding carboxylic acids is 1. The Morgan fingerprint density at radius 1 is 1.30 bits per heavy atom. The third kappa shape index (κ3) is 3.19. The highest BCUT2D eigenvalue weighted by molar-refractivity contribution is 7.09. The van der Waals surface area contributed by atoms with E-state index in [-0.39, 0.29) is 18.1 Å². The molecule has 0 bridgehead atoms. The summed E-state index contributed by atoms with van der Waals surface area (Å²) >= 11 is 1.59. The number of hydrogen-bond donors (Lipinski definition) is 1. The Labute approximate surface area is 137 Å². The fourth-order valence-corrected chi connectivity index (χ4v) is 3.16. The van der Waals surface area contributed by atoms with Crippen molar-refractivity contribution in [3.63, 3.8) is 0 Å². The number of fused-ring (bicyclic) bond motifs is 1. The Morgan fingerprint density at radius 3 is 2.91 bits per heavy atom. The molecule has 0 aliphatic rings. The first-order valence-electron chi connectivity index (χ1n) is 7.54. The number of nitrogens with one attached hydrogen (secondary N) is 1. The van der Waals surface area contributed by atoms with E-state index in [4.69, 9.17) is 0 Å². The summed E-state index contributed by atoms with van der Waals surface area (Å²) in [7, 11) is 0. The van der Waals surface area contributed by atoms with Crippen LogP contribution in [-0.4, -0.2) is 26.6 Å². The summed E-state index contributed by atoms with van der Waals surface area (Å²) in [6, 6.07) is 7.53. The highest BCUT2D eigenvalue weighted by atomic mass is 32.1. The van der Waals surface area contributed by atoms with E-state index >= 15 is 0 Å². The highest BCUT2D eigenvalue weighted by Gasteiger charge is 2.16. The molecule has 3 aromatic heterocycles. The summed E-state index contributed by atoms with van der Waals surface area (Å²) in [4.78, 5) is 30.1. The molecule has 0 spiro atoms. The van der Waals surface area contributed by atoms with Gasteiger partial charge in [-0.15, -0.1) is 11.3 Å². The number of aromatic nitrogens is 3. The topological polar surface area (TPSA) is 68.9 Å². The van der Waals surface area contributed by atoms with Crippen molar-refractivity contribution in [2.45, 2.75) is 26.4 Å². The molecule has 0 aliphatic carbocycles. The molecular formula is C16H18N4O2S. The van der Waals surface area contributed by atoms with Gasteiger partial charge in [-0.05, 0) is 30.0 Å². The number of imidazole rings is 1. The van der Waals surface area contributed by atoms with Gasteiger partial charge in [-0.3, -0.25) is 13.9 Å². The highest BCUT2D eigenvalue weighted by Crippen LogP contribution is 2.14. The van der Waals surface area contributed by atoms with Gasteiger partial charge in [-0.1, -0.05) is 13.0 Å². The van der Waals surface area contributed by atoms with Gasteiger partial charge in [-0.2, -0.15) is 0 Å². The van der Waals surface area contributed by atoms with Crippen molar-refractivity contribution in [1.29, 1.82) is 0 Å². The molecule has 0 aromatic carbocycles. The van der Waals surface area contributed by atoms with Gasteiger partial charge < -0.3 is 5.32 Å². The van der Waals surface area contributed by atoms with Crippen LogP contribution in [0.2, 0.25) is 0 Å². The van der Waals surface area contributed by atoms with Crippen molar-refractivity contribution >= 4 is 28.4 Å². The molecule has 6 nitrogen and oxygen atoms in total. The Hall–Kier alpha value is -2.41. The monoisotopic (exact) mass is 330 g/mol. The lowest BCUT2D eigenvalue weighted by atomic mass is 10.4. The van der Waals surface area contributed by atoms with Crippen LogP contribution < -0.4 is 11.0 Å². The molecule has 3 rings (SSSR count). The second-order valence-corrected chi connectivity index (χ2v) is 6.26. The van der Waals surface area contributed by atoms with Crippen LogP contribution in [0.1, 0.15) is 18.2 Å². The molecule has 0 saturated carbocycles. The van der Waals surface area contributed by atoms with E-state index < -0.39 is 0 Å². The molecule has 0 unspecified atom stereocenters. The molecule has 0 atom stereocenters. The average molecular weight is 330 g/mol. The fraction of sp³-hybridized carbons (Fsp3) is 0.312. The van der Waals surface area contributed by atoms with Crippen LogP contribution in [0.4, 0.5) is 0 Å². The standard InChI is InChI=1S/C16H18N4O2S/c1-2-7-17-14(21)11-19-13-6-3-8-18-15(13)20(16(19)22)10-12-5-4-9-23-12/h3-6,8-9H,2,7,10-11H2,1H3,(H,17,21).